The van der Waals surface area contributed by atoms with Crippen LogP contribution in [0.5, 0.6) is 0 Å². The van der Waals surface area contributed by atoms with Gasteiger partial charge in [-0.05, 0) is 79.4 Å². The first-order valence-electron chi connectivity index (χ1n) is 15.0. The third kappa shape index (κ3) is 7.57. The average molecular weight is 646 g/mol. The number of amides is 1. The summed E-state index contributed by atoms with van der Waals surface area (Å²) in [6.07, 6.45) is 2.64. The zero-order valence-electron chi connectivity index (χ0n) is 25.8. The number of ether oxygens (including phenoxy) is 1. The Bertz CT molecular complexity index is 1910. The van der Waals surface area contributed by atoms with Crippen LogP contribution in [0.25, 0.3) is 10.9 Å². The monoisotopic (exact) mass is 645 g/mol. The average Bonchev–Trinajstić information content (AvgIpc) is 3.87. The molecule has 0 radical (unpaired) electrons. The molecule has 1 amide bonds. The van der Waals surface area contributed by atoms with Crippen molar-refractivity contribution in [3.05, 3.63) is 94.0 Å². The van der Waals surface area contributed by atoms with Crippen LogP contribution >= 0.6 is 0 Å². The molecule has 240 valence electrons. The molecule has 3 aromatic carbocycles. The molecule has 14 heteroatoms. The van der Waals surface area contributed by atoms with Crippen LogP contribution in [0.4, 0.5) is 16.2 Å². The van der Waals surface area contributed by atoms with Gasteiger partial charge in [0, 0.05) is 23.8 Å². The number of aliphatic carboxylic acids is 1. The number of nitrogens with zero attached hydrogens (tertiary/aromatic N) is 2. The third-order valence-electron chi connectivity index (χ3n) is 7.91. The van der Waals surface area contributed by atoms with Crippen LogP contribution in [-0.4, -0.2) is 67.3 Å². The van der Waals surface area contributed by atoms with Crippen LogP contribution in [0.1, 0.15) is 54.8 Å². The molecule has 1 heterocycles. The van der Waals surface area contributed by atoms with E-state index in [1.165, 1.54) is 6.33 Å². The largest absolute Gasteiger partial charge is 0.479 e. The topological polar surface area (TPSA) is 171 Å². The zero-order chi connectivity index (χ0) is 33.0. The highest BCUT2D eigenvalue weighted by molar-refractivity contribution is 7.92. The van der Waals surface area contributed by atoms with Gasteiger partial charge in [-0.15, -0.1) is 0 Å². The fourth-order valence-corrected chi connectivity index (χ4v) is 7.17. The Morgan fingerprint density at radius 3 is 2.43 bits per heavy atom. The molecule has 0 saturated heterocycles. The van der Waals surface area contributed by atoms with E-state index in [2.05, 4.69) is 20.6 Å². The van der Waals surface area contributed by atoms with Crippen molar-refractivity contribution < 1.29 is 27.9 Å². The van der Waals surface area contributed by atoms with Crippen molar-refractivity contribution in [2.45, 2.75) is 54.8 Å². The van der Waals surface area contributed by atoms with E-state index >= 15 is 0 Å². The molecular weight excluding hydrogens is 609 g/mol. The SMILES string of the molecule is BN(C)Cc1cc(NC(=O)OC[C@H](CC)c2ccc(C(Nc3ccc4nc[nH]c(=O)c4c3)C(=O)O)cc2)ccc1S(=O)(=O)C1CC1. The normalized spacial score (nSPS) is 14.5. The maximum atomic E-state index is 12.9. The second-order valence-corrected chi connectivity index (χ2v) is 13.9. The number of hydrogen-bond donors (Lipinski definition) is 4. The van der Waals surface area contributed by atoms with Gasteiger partial charge in [-0.2, -0.15) is 0 Å². The lowest BCUT2D eigenvalue weighted by Crippen LogP contribution is -2.21. The molecule has 0 bridgehead atoms. The minimum absolute atomic E-state index is 0.0840. The molecule has 1 aliphatic carbocycles. The molecule has 4 aromatic rings. The van der Waals surface area contributed by atoms with Crippen molar-refractivity contribution in [2.24, 2.45) is 0 Å². The predicted molar refractivity (Wildman–Crippen MR) is 177 cm³/mol. The highest BCUT2D eigenvalue weighted by atomic mass is 32.2. The predicted octanol–water partition coefficient (Wildman–Crippen LogP) is 3.82. The van der Waals surface area contributed by atoms with Crippen molar-refractivity contribution >= 4 is 52.2 Å². The smallest absolute Gasteiger partial charge is 0.411 e. The Morgan fingerprint density at radius 1 is 1.09 bits per heavy atom. The Labute approximate surface area is 267 Å². The van der Waals surface area contributed by atoms with E-state index in [1.54, 1.807) is 48.5 Å². The van der Waals surface area contributed by atoms with Gasteiger partial charge in [0.2, 0.25) is 0 Å². The summed E-state index contributed by atoms with van der Waals surface area (Å²) in [5.74, 6) is -1.24. The maximum absolute atomic E-state index is 12.9. The minimum Gasteiger partial charge on any atom is -0.479 e. The molecule has 2 atom stereocenters. The lowest BCUT2D eigenvalue weighted by Gasteiger charge is -2.19. The summed E-state index contributed by atoms with van der Waals surface area (Å²) >= 11 is 0. The van der Waals surface area contributed by atoms with E-state index in [4.69, 9.17) is 4.74 Å². The van der Waals surface area contributed by atoms with Gasteiger partial charge in [-0.25, -0.2) is 23.0 Å². The number of aromatic amines is 1. The van der Waals surface area contributed by atoms with Crippen molar-refractivity contribution in [1.29, 1.82) is 0 Å². The van der Waals surface area contributed by atoms with E-state index in [-0.39, 0.29) is 23.3 Å². The van der Waals surface area contributed by atoms with Gasteiger partial charge >= 0.3 is 12.1 Å². The van der Waals surface area contributed by atoms with Gasteiger partial charge in [0.25, 0.3) is 5.56 Å². The summed E-state index contributed by atoms with van der Waals surface area (Å²) in [6, 6.07) is 15.6. The van der Waals surface area contributed by atoms with Crippen LogP contribution < -0.4 is 16.2 Å². The van der Waals surface area contributed by atoms with Gasteiger partial charge in [0.1, 0.15) is 6.61 Å². The molecular formula is C32H36BN5O7S. The Balaban J connectivity index is 1.23. The maximum Gasteiger partial charge on any atom is 0.411 e. The van der Waals surface area contributed by atoms with E-state index in [0.29, 0.717) is 64.1 Å². The van der Waals surface area contributed by atoms with E-state index < -0.39 is 27.9 Å². The summed E-state index contributed by atoms with van der Waals surface area (Å²) in [4.78, 5) is 45.9. The summed E-state index contributed by atoms with van der Waals surface area (Å²) in [5, 5.41) is 15.6. The lowest BCUT2D eigenvalue weighted by atomic mass is 9.95. The molecule has 0 aliphatic heterocycles. The molecule has 5 rings (SSSR count). The van der Waals surface area contributed by atoms with Crippen LogP contribution in [-0.2, 0) is 25.9 Å². The Hall–Kier alpha value is -4.69. The van der Waals surface area contributed by atoms with Crippen LogP contribution in [0.3, 0.4) is 0 Å². The molecule has 1 aliphatic rings. The van der Waals surface area contributed by atoms with Crippen LogP contribution in [0.2, 0.25) is 0 Å². The molecule has 12 nitrogen and oxygen atoms in total. The molecule has 1 saturated carbocycles. The first kappa shape index (κ1) is 32.7. The van der Waals surface area contributed by atoms with Crippen molar-refractivity contribution in [3.63, 3.8) is 0 Å². The molecule has 1 fully saturated rings. The van der Waals surface area contributed by atoms with Gasteiger partial charge in [0.15, 0.2) is 23.9 Å². The Kier molecular flexibility index (Phi) is 9.78. The summed E-state index contributed by atoms with van der Waals surface area (Å²) in [6.45, 7) is 2.45. The number of hydrogen-bond acceptors (Lipinski definition) is 9. The standard InChI is InChI=1S/C32H36BN5O7S/c1-3-19(17-45-32(42)37-23-9-13-28(22(14-23)16-38(2)33)46(43,44)25-10-11-25)20-4-6-21(7-5-20)29(31(40)41)36-24-8-12-27-26(15-24)30(39)35-18-34-27/h4-9,12-15,18-19,25,29,36H,3,10-11,16-17,33H2,1-2H3,(H,37,42)(H,40,41)(H,34,35,39)/t19-,29?/m0/s1. The molecule has 0 spiro atoms. The number of anilines is 2. The van der Waals surface area contributed by atoms with Gasteiger partial charge in [-0.1, -0.05) is 31.2 Å². The number of carboxylic acids is 1. The Morgan fingerprint density at radius 2 is 1.78 bits per heavy atom. The molecule has 1 aromatic heterocycles. The van der Waals surface area contributed by atoms with Crippen molar-refractivity contribution in [3.8, 4) is 0 Å². The zero-order valence-corrected chi connectivity index (χ0v) is 26.6. The fraction of sp³-hybridized carbons (Fsp3) is 0.312. The summed E-state index contributed by atoms with van der Waals surface area (Å²) in [7, 11) is 0.298. The number of benzene rings is 3. The number of aromatic nitrogens is 2. The number of rotatable bonds is 13. The number of carbonyl (C=O) groups is 2. The van der Waals surface area contributed by atoms with E-state index in [9.17, 15) is 27.9 Å². The molecule has 4 N–H and O–H groups in total. The number of H-pyrrole nitrogens is 1. The highest BCUT2D eigenvalue weighted by Gasteiger charge is 2.38. The molecule has 46 heavy (non-hydrogen) atoms. The van der Waals surface area contributed by atoms with E-state index in [0.717, 1.165) is 5.56 Å². The summed E-state index contributed by atoms with van der Waals surface area (Å²) < 4.78 is 31.4. The van der Waals surface area contributed by atoms with E-state index in [1.807, 2.05) is 38.9 Å². The van der Waals surface area contributed by atoms with Crippen molar-refractivity contribution in [1.82, 2.24) is 14.8 Å². The first-order chi connectivity index (χ1) is 22.0. The van der Waals surface area contributed by atoms with Crippen LogP contribution in [0, 0.1) is 0 Å². The number of fused-ring (bicyclic) bond motifs is 1. The quantitative estimate of drug-likeness (QED) is 0.157. The first-order valence-corrected chi connectivity index (χ1v) is 16.5. The number of sulfone groups is 1. The fourth-order valence-electron chi connectivity index (χ4n) is 5.31. The second-order valence-electron chi connectivity index (χ2n) is 11.7. The number of carbonyl (C=O) groups excluding carboxylic acids is 1. The lowest BCUT2D eigenvalue weighted by molar-refractivity contribution is -0.138. The van der Waals surface area contributed by atoms with Gasteiger partial charge in [-0.3, -0.25) is 10.1 Å². The molecule has 1 unspecified atom stereocenters. The van der Waals surface area contributed by atoms with Gasteiger partial charge in [0.05, 0.1) is 27.4 Å². The second kappa shape index (κ2) is 13.8. The van der Waals surface area contributed by atoms with Gasteiger partial charge < -0.3 is 25.0 Å². The van der Waals surface area contributed by atoms with Crippen LogP contribution in [0.15, 0.2) is 76.7 Å². The minimum atomic E-state index is -3.40. The third-order valence-corrected chi connectivity index (χ3v) is 10.3. The highest BCUT2D eigenvalue weighted by Crippen LogP contribution is 2.36. The van der Waals surface area contributed by atoms with Crippen molar-refractivity contribution in [2.75, 3.05) is 24.3 Å². The number of carboxylic acid groups (broad SMARTS) is 1. The number of nitrogens with one attached hydrogen (secondary N) is 3. The summed E-state index contributed by atoms with van der Waals surface area (Å²) in [5.41, 5.74) is 3.06.